The number of likely N-dealkylation sites (N-methyl/N-ethyl adjacent to an activating group) is 1. The van der Waals surface area contributed by atoms with Crippen molar-refractivity contribution in [2.24, 2.45) is 5.92 Å². The number of rotatable bonds is 5. The molecule has 7 heteroatoms. The Morgan fingerprint density at radius 2 is 1.81 bits per heavy atom. The van der Waals surface area contributed by atoms with Gasteiger partial charge >= 0.3 is 6.18 Å². The molecule has 2 unspecified atom stereocenters. The summed E-state index contributed by atoms with van der Waals surface area (Å²) >= 11 is 0. The van der Waals surface area contributed by atoms with Crippen LogP contribution in [-0.2, 0) is 6.18 Å². The van der Waals surface area contributed by atoms with Crippen LogP contribution in [0.1, 0.15) is 37.8 Å². The summed E-state index contributed by atoms with van der Waals surface area (Å²) in [5, 5.41) is 13.8. The predicted octanol–water partition coefficient (Wildman–Crippen LogP) is 3.96. The molecule has 21 heavy (non-hydrogen) atoms. The van der Waals surface area contributed by atoms with Crippen LogP contribution in [0.3, 0.4) is 0 Å². The molecule has 0 fully saturated rings. The largest absolute Gasteiger partial charge is 0.423 e. The fourth-order valence-electron chi connectivity index (χ4n) is 2.58. The molecule has 4 nitrogen and oxygen atoms in total. The summed E-state index contributed by atoms with van der Waals surface area (Å²) in [7, 11) is 1.73. The summed E-state index contributed by atoms with van der Waals surface area (Å²) in [6.45, 7) is 5.69. The molecule has 1 aromatic carbocycles. The van der Waals surface area contributed by atoms with Gasteiger partial charge in [0.05, 0.1) is 4.92 Å². The number of alkyl halides is 3. The molecule has 0 aliphatic carbocycles. The SMILES string of the molecule is CNC(C)C(c1ccc([N+](=O)[O-])c(C(F)(F)F)c1)C(C)C. The Labute approximate surface area is 121 Å². The van der Waals surface area contributed by atoms with Crippen molar-refractivity contribution in [1.29, 1.82) is 0 Å². The maximum absolute atomic E-state index is 13.0. The predicted molar refractivity (Wildman–Crippen MR) is 74.2 cm³/mol. The minimum absolute atomic E-state index is 0.0486. The third-order valence-electron chi connectivity index (χ3n) is 3.62. The number of nitro benzene ring substituents is 1. The highest BCUT2D eigenvalue weighted by atomic mass is 19.4. The van der Waals surface area contributed by atoms with E-state index in [0.29, 0.717) is 5.56 Å². The molecule has 0 amide bonds. The molecule has 0 aromatic heterocycles. The van der Waals surface area contributed by atoms with E-state index in [9.17, 15) is 23.3 Å². The molecule has 0 heterocycles. The first-order valence-corrected chi connectivity index (χ1v) is 6.62. The summed E-state index contributed by atoms with van der Waals surface area (Å²) < 4.78 is 39.0. The summed E-state index contributed by atoms with van der Waals surface area (Å²) in [5.41, 5.74) is -1.66. The Hall–Kier alpha value is -1.63. The summed E-state index contributed by atoms with van der Waals surface area (Å²) in [4.78, 5) is 9.77. The van der Waals surface area contributed by atoms with E-state index in [-0.39, 0.29) is 17.9 Å². The first-order chi connectivity index (χ1) is 9.59. The van der Waals surface area contributed by atoms with Gasteiger partial charge in [-0.1, -0.05) is 19.9 Å². The highest BCUT2D eigenvalue weighted by Gasteiger charge is 2.39. The maximum atomic E-state index is 13.0. The molecule has 0 spiro atoms. The van der Waals surface area contributed by atoms with Crippen molar-refractivity contribution < 1.29 is 18.1 Å². The van der Waals surface area contributed by atoms with Gasteiger partial charge in [-0.05, 0) is 31.5 Å². The zero-order valence-corrected chi connectivity index (χ0v) is 12.4. The molecule has 2 atom stereocenters. The van der Waals surface area contributed by atoms with E-state index in [0.717, 1.165) is 12.1 Å². The van der Waals surface area contributed by atoms with E-state index in [1.165, 1.54) is 6.07 Å². The lowest BCUT2D eigenvalue weighted by Crippen LogP contribution is -2.32. The van der Waals surface area contributed by atoms with E-state index in [1.807, 2.05) is 20.8 Å². The zero-order valence-electron chi connectivity index (χ0n) is 12.4. The highest BCUT2D eigenvalue weighted by molar-refractivity contribution is 5.46. The van der Waals surface area contributed by atoms with Crippen molar-refractivity contribution in [2.75, 3.05) is 7.05 Å². The van der Waals surface area contributed by atoms with Gasteiger partial charge in [-0.2, -0.15) is 13.2 Å². The Bertz CT molecular complexity index is 515. The van der Waals surface area contributed by atoms with E-state index < -0.39 is 22.4 Å². The average molecular weight is 304 g/mol. The number of nitrogens with zero attached hydrogens (tertiary/aromatic N) is 1. The molecular weight excluding hydrogens is 285 g/mol. The topological polar surface area (TPSA) is 55.2 Å². The molecule has 1 N–H and O–H groups in total. The lowest BCUT2D eigenvalue weighted by molar-refractivity contribution is -0.388. The second-order valence-electron chi connectivity index (χ2n) is 5.38. The third-order valence-corrected chi connectivity index (χ3v) is 3.62. The van der Waals surface area contributed by atoms with Gasteiger partial charge in [-0.3, -0.25) is 10.1 Å². The van der Waals surface area contributed by atoms with Gasteiger partial charge in [0.15, 0.2) is 0 Å². The summed E-state index contributed by atoms with van der Waals surface area (Å²) in [6.07, 6.45) is -4.75. The van der Waals surface area contributed by atoms with Crippen molar-refractivity contribution in [3.8, 4) is 0 Å². The van der Waals surface area contributed by atoms with Crippen LogP contribution < -0.4 is 5.32 Å². The van der Waals surface area contributed by atoms with E-state index in [1.54, 1.807) is 7.05 Å². The van der Waals surface area contributed by atoms with Gasteiger partial charge in [0, 0.05) is 18.0 Å². The number of nitrogens with one attached hydrogen (secondary N) is 1. The number of hydrogen-bond acceptors (Lipinski definition) is 3. The maximum Gasteiger partial charge on any atom is 0.423 e. The van der Waals surface area contributed by atoms with Gasteiger partial charge in [-0.15, -0.1) is 0 Å². The van der Waals surface area contributed by atoms with E-state index in [4.69, 9.17) is 0 Å². The summed E-state index contributed by atoms with van der Waals surface area (Å²) in [5.74, 6) is -0.0770. The lowest BCUT2D eigenvalue weighted by Gasteiger charge is -2.28. The first-order valence-electron chi connectivity index (χ1n) is 6.62. The molecule has 0 saturated heterocycles. The second-order valence-corrected chi connectivity index (χ2v) is 5.38. The monoisotopic (exact) mass is 304 g/mol. The van der Waals surface area contributed by atoms with Crippen LogP contribution >= 0.6 is 0 Å². The molecule has 0 aliphatic heterocycles. The third kappa shape index (κ3) is 3.93. The fourth-order valence-corrected chi connectivity index (χ4v) is 2.58. The van der Waals surface area contributed by atoms with Crippen molar-refractivity contribution in [3.63, 3.8) is 0 Å². The van der Waals surface area contributed by atoms with Crippen LogP contribution in [-0.4, -0.2) is 18.0 Å². The normalized spacial score (nSPS) is 15.0. The summed E-state index contributed by atoms with van der Waals surface area (Å²) in [6, 6.07) is 3.20. The zero-order chi connectivity index (χ0) is 16.4. The molecule has 1 aromatic rings. The molecule has 0 saturated carbocycles. The van der Waals surface area contributed by atoms with Crippen LogP contribution in [0.4, 0.5) is 18.9 Å². The van der Waals surface area contributed by atoms with Gasteiger partial charge in [-0.25, -0.2) is 0 Å². The highest BCUT2D eigenvalue weighted by Crippen LogP contribution is 2.39. The van der Waals surface area contributed by atoms with Gasteiger partial charge in [0.2, 0.25) is 0 Å². The first kappa shape index (κ1) is 17.4. The van der Waals surface area contributed by atoms with Crippen LogP contribution in [0.5, 0.6) is 0 Å². The molecule has 1 rings (SSSR count). The lowest BCUT2D eigenvalue weighted by atomic mass is 9.82. The van der Waals surface area contributed by atoms with Crippen molar-refractivity contribution in [1.82, 2.24) is 5.32 Å². The van der Waals surface area contributed by atoms with Crippen LogP contribution in [0, 0.1) is 16.0 Å². The second kappa shape index (κ2) is 6.43. The average Bonchev–Trinajstić information content (AvgIpc) is 2.36. The number of benzene rings is 1. The van der Waals surface area contributed by atoms with E-state index in [2.05, 4.69) is 5.32 Å². The van der Waals surface area contributed by atoms with Crippen LogP contribution in [0.15, 0.2) is 18.2 Å². The minimum Gasteiger partial charge on any atom is -0.317 e. The van der Waals surface area contributed by atoms with Crippen molar-refractivity contribution in [3.05, 3.63) is 39.4 Å². The Kier molecular flexibility index (Phi) is 5.33. The molecule has 118 valence electrons. The molecule has 0 bridgehead atoms. The van der Waals surface area contributed by atoms with Crippen LogP contribution in [0.2, 0.25) is 0 Å². The Morgan fingerprint density at radius 1 is 1.24 bits per heavy atom. The molecular formula is C14H19F3N2O2. The van der Waals surface area contributed by atoms with E-state index >= 15 is 0 Å². The number of nitro groups is 1. The van der Waals surface area contributed by atoms with Crippen molar-refractivity contribution in [2.45, 2.75) is 38.9 Å². The number of halogens is 3. The quantitative estimate of drug-likeness (QED) is 0.661. The Balaban J connectivity index is 3.42. The van der Waals surface area contributed by atoms with Crippen LogP contribution in [0.25, 0.3) is 0 Å². The molecule has 0 aliphatic rings. The minimum atomic E-state index is -4.75. The van der Waals surface area contributed by atoms with Gasteiger partial charge < -0.3 is 5.32 Å². The smallest absolute Gasteiger partial charge is 0.317 e. The molecule has 0 radical (unpaired) electrons. The number of hydrogen-bond donors (Lipinski definition) is 1. The van der Waals surface area contributed by atoms with Crippen molar-refractivity contribution >= 4 is 5.69 Å². The standard InChI is InChI=1S/C14H19F3N2O2/c1-8(2)13(9(3)18-4)10-5-6-12(19(20)21)11(7-10)14(15,16)17/h5-9,13,18H,1-4H3. The Morgan fingerprint density at radius 3 is 2.19 bits per heavy atom. The van der Waals surface area contributed by atoms with Gasteiger partial charge in [0.25, 0.3) is 5.69 Å². The van der Waals surface area contributed by atoms with Gasteiger partial charge in [0.1, 0.15) is 5.56 Å². The fraction of sp³-hybridized carbons (Fsp3) is 0.571.